The van der Waals surface area contributed by atoms with Crippen molar-refractivity contribution in [3.05, 3.63) is 52.5 Å². The van der Waals surface area contributed by atoms with Gasteiger partial charge in [0.25, 0.3) is 11.8 Å². The predicted molar refractivity (Wildman–Crippen MR) is 75.2 cm³/mol. The second-order valence-electron chi connectivity index (χ2n) is 4.62. The molecular formula is C15H8ClNO4. The monoisotopic (exact) mass is 301 g/mol. The number of rotatable bonds is 1. The van der Waals surface area contributed by atoms with E-state index in [2.05, 4.69) is 0 Å². The lowest BCUT2D eigenvalue weighted by Gasteiger charge is -2.17. The molecule has 0 radical (unpaired) electrons. The number of fused-ring (bicyclic) bond motifs is 2. The number of anilines is 1. The Morgan fingerprint density at radius 1 is 0.952 bits per heavy atom. The highest BCUT2D eigenvalue weighted by Gasteiger charge is 2.40. The van der Waals surface area contributed by atoms with Crippen LogP contribution in [0.3, 0.4) is 0 Å². The molecule has 2 amide bonds. The largest absolute Gasteiger partial charge is 0.454 e. The fourth-order valence-electron chi connectivity index (χ4n) is 2.53. The number of halogens is 1. The van der Waals surface area contributed by atoms with Crippen LogP contribution in [0, 0.1) is 0 Å². The molecule has 2 aromatic rings. The minimum Gasteiger partial charge on any atom is -0.454 e. The maximum absolute atomic E-state index is 12.5. The highest BCUT2D eigenvalue weighted by Crippen LogP contribution is 2.47. The highest BCUT2D eigenvalue weighted by molar-refractivity contribution is 6.40. The summed E-state index contributed by atoms with van der Waals surface area (Å²) in [5.41, 5.74) is 0.947. The first-order valence-electron chi connectivity index (χ1n) is 6.24. The molecule has 6 heteroatoms. The van der Waals surface area contributed by atoms with Crippen LogP contribution in [0.5, 0.6) is 11.5 Å². The Balaban J connectivity index is 1.92. The number of ether oxygens (including phenoxy) is 2. The molecule has 0 bridgehead atoms. The van der Waals surface area contributed by atoms with Crippen LogP contribution in [0.1, 0.15) is 20.7 Å². The zero-order valence-corrected chi connectivity index (χ0v) is 11.4. The van der Waals surface area contributed by atoms with Crippen LogP contribution in [0.15, 0.2) is 36.4 Å². The van der Waals surface area contributed by atoms with Crippen molar-refractivity contribution in [1.82, 2.24) is 0 Å². The summed E-state index contributed by atoms with van der Waals surface area (Å²) < 4.78 is 10.6. The SMILES string of the molecule is O=C1c2ccccc2C(=O)N1c1c(Cl)ccc2c1OCO2. The third kappa shape index (κ3) is 1.58. The molecule has 0 aromatic heterocycles. The lowest BCUT2D eigenvalue weighted by molar-refractivity contribution is 0.0924. The van der Waals surface area contributed by atoms with Gasteiger partial charge in [0.15, 0.2) is 11.5 Å². The van der Waals surface area contributed by atoms with E-state index in [1.165, 1.54) is 0 Å². The second kappa shape index (κ2) is 4.23. The minimum absolute atomic E-state index is 0.0336. The Labute approximate surface area is 124 Å². The van der Waals surface area contributed by atoms with E-state index in [0.29, 0.717) is 22.6 Å². The fraction of sp³-hybridized carbons (Fsp3) is 0.0667. The first kappa shape index (κ1) is 12.2. The summed E-state index contributed by atoms with van der Waals surface area (Å²) in [5, 5.41) is 0.258. The maximum Gasteiger partial charge on any atom is 0.266 e. The smallest absolute Gasteiger partial charge is 0.266 e. The standard InChI is InChI=1S/C15H8ClNO4/c16-10-5-6-11-13(21-7-20-11)12(10)17-14(18)8-3-1-2-4-9(8)15(17)19/h1-6H,7H2. The van der Waals surface area contributed by atoms with Crippen molar-refractivity contribution in [3.8, 4) is 11.5 Å². The van der Waals surface area contributed by atoms with Crippen molar-refractivity contribution < 1.29 is 19.1 Å². The number of hydrogen-bond donors (Lipinski definition) is 0. The van der Waals surface area contributed by atoms with E-state index >= 15 is 0 Å². The zero-order valence-electron chi connectivity index (χ0n) is 10.6. The number of nitrogens with zero attached hydrogens (tertiary/aromatic N) is 1. The van der Waals surface area contributed by atoms with Crippen molar-refractivity contribution in [2.45, 2.75) is 0 Å². The lowest BCUT2D eigenvalue weighted by atomic mass is 10.1. The molecule has 0 atom stereocenters. The number of amides is 2. The van der Waals surface area contributed by atoms with Gasteiger partial charge in [-0.1, -0.05) is 23.7 Å². The molecule has 4 rings (SSSR count). The van der Waals surface area contributed by atoms with Gasteiger partial charge in [0.2, 0.25) is 6.79 Å². The van der Waals surface area contributed by atoms with Crippen molar-refractivity contribution in [3.63, 3.8) is 0 Å². The molecule has 0 N–H and O–H groups in total. The summed E-state index contributed by atoms with van der Waals surface area (Å²) in [6.45, 7) is 0.0336. The normalized spacial score (nSPS) is 15.6. The van der Waals surface area contributed by atoms with Crippen LogP contribution in [0.2, 0.25) is 5.02 Å². The lowest BCUT2D eigenvalue weighted by Crippen LogP contribution is -2.29. The molecule has 5 nitrogen and oxygen atoms in total. The summed E-state index contributed by atoms with van der Waals surface area (Å²) in [5.74, 6) is -0.0502. The summed E-state index contributed by atoms with van der Waals surface area (Å²) in [4.78, 5) is 26.1. The van der Waals surface area contributed by atoms with Gasteiger partial charge in [0.1, 0.15) is 5.69 Å². The second-order valence-corrected chi connectivity index (χ2v) is 5.03. The molecule has 0 unspecified atom stereocenters. The Morgan fingerprint density at radius 2 is 1.62 bits per heavy atom. The molecule has 0 fully saturated rings. The summed E-state index contributed by atoms with van der Waals surface area (Å²) in [7, 11) is 0. The third-order valence-electron chi connectivity index (χ3n) is 3.48. The van der Waals surface area contributed by atoms with E-state index in [1.807, 2.05) is 0 Å². The molecule has 0 aliphatic carbocycles. The van der Waals surface area contributed by atoms with Gasteiger partial charge < -0.3 is 9.47 Å². The number of hydrogen-bond acceptors (Lipinski definition) is 4. The van der Waals surface area contributed by atoms with Crippen LogP contribution < -0.4 is 14.4 Å². The van der Waals surface area contributed by atoms with Crippen LogP contribution in [-0.4, -0.2) is 18.6 Å². The Kier molecular flexibility index (Phi) is 2.46. The van der Waals surface area contributed by atoms with Gasteiger partial charge in [-0.3, -0.25) is 9.59 Å². The van der Waals surface area contributed by atoms with Crippen molar-refractivity contribution in [2.75, 3.05) is 11.7 Å². The number of imide groups is 1. The van der Waals surface area contributed by atoms with Crippen LogP contribution >= 0.6 is 11.6 Å². The van der Waals surface area contributed by atoms with Crippen LogP contribution in [0.25, 0.3) is 0 Å². The predicted octanol–water partition coefficient (Wildman–Crippen LogP) is 2.87. The van der Waals surface area contributed by atoms with Gasteiger partial charge in [-0.05, 0) is 24.3 Å². The first-order chi connectivity index (χ1) is 10.2. The average Bonchev–Trinajstić information content (AvgIpc) is 3.06. The third-order valence-corrected chi connectivity index (χ3v) is 3.79. The Bertz CT molecular complexity index is 767. The van der Waals surface area contributed by atoms with Gasteiger partial charge in [-0.15, -0.1) is 0 Å². The van der Waals surface area contributed by atoms with Gasteiger partial charge >= 0.3 is 0 Å². The van der Waals surface area contributed by atoms with Crippen molar-refractivity contribution in [2.24, 2.45) is 0 Å². The van der Waals surface area contributed by atoms with Gasteiger partial charge in [-0.2, -0.15) is 0 Å². The van der Waals surface area contributed by atoms with Crippen molar-refractivity contribution >= 4 is 29.1 Å². The van der Waals surface area contributed by atoms with E-state index in [0.717, 1.165) is 4.90 Å². The molecule has 2 aromatic carbocycles. The Morgan fingerprint density at radius 3 is 2.29 bits per heavy atom. The molecule has 0 spiro atoms. The fourth-order valence-corrected chi connectivity index (χ4v) is 2.77. The Hall–Kier alpha value is -2.53. The van der Waals surface area contributed by atoms with Gasteiger partial charge in [-0.25, -0.2) is 4.90 Å². The molecule has 0 saturated heterocycles. The maximum atomic E-state index is 12.5. The van der Waals surface area contributed by atoms with E-state index in [9.17, 15) is 9.59 Å². The van der Waals surface area contributed by atoms with Crippen LogP contribution in [-0.2, 0) is 0 Å². The first-order valence-corrected chi connectivity index (χ1v) is 6.62. The van der Waals surface area contributed by atoms with Gasteiger partial charge in [0.05, 0.1) is 16.1 Å². The molecular weight excluding hydrogens is 294 g/mol. The molecule has 0 saturated carbocycles. The quantitative estimate of drug-likeness (QED) is 0.760. The van der Waals surface area contributed by atoms with Crippen LogP contribution in [0.4, 0.5) is 5.69 Å². The van der Waals surface area contributed by atoms with E-state index in [4.69, 9.17) is 21.1 Å². The zero-order chi connectivity index (χ0) is 14.6. The summed E-state index contributed by atoms with van der Waals surface area (Å²) >= 11 is 6.18. The topological polar surface area (TPSA) is 55.8 Å². The molecule has 2 aliphatic heterocycles. The number of carbonyl (C=O) groups is 2. The van der Waals surface area contributed by atoms with E-state index in [-0.39, 0.29) is 17.5 Å². The molecule has 2 aliphatic rings. The number of benzene rings is 2. The van der Waals surface area contributed by atoms with Gasteiger partial charge in [0, 0.05) is 0 Å². The van der Waals surface area contributed by atoms with Crippen molar-refractivity contribution in [1.29, 1.82) is 0 Å². The summed E-state index contributed by atoms with van der Waals surface area (Å²) in [6, 6.07) is 9.88. The number of carbonyl (C=O) groups excluding carboxylic acids is 2. The molecule has 2 heterocycles. The summed E-state index contributed by atoms with van der Waals surface area (Å²) in [6.07, 6.45) is 0. The minimum atomic E-state index is -0.415. The molecule has 21 heavy (non-hydrogen) atoms. The highest BCUT2D eigenvalue weighted by atomic mass is 35.5. The molecule has 104 valence electrons. The van der Waals surface area contributed by atoms with E-state index in [1.54, 1.807) is 36.4 Å². The van der Waals surface area contributed by atoms with E-state index < -0.39 is 11.8 Å². The average molecular weight is 302 g/mol.